The second kappa shape index (κ2) is 7.37. The molecule has 2 amide bonds. The quantitative estimate of drug-likeness (QED) is 0.726. The fourth-order valence-corrected chi connectivity index (χ4v) is 4.18. The van der Waals surface area contributed by atoms with Crippen LogP contribution in [0.3, 0.4) is 0 Å². The third-order valence-corrected chi connectivity index (χ3v) is 6.18. The first-order valence-electron chi connectivity index (χ1n) is 8.67. The molecule has 2 aliphatic heterocycles. The number of hydrogen-bond acceptors (Lipinski definition) is 6. The van der Waals surface area contributed by atoms with E-state index in [1.54, 1.807) is 11.8 Å². The van der Waals surface area contributed by atoms with E-state index in [0.29, 0.717) is 26.2 Å². The maximum atomic E-state index is 12.9. The van der Waals surface area contributed by atoms with Gasteiger partial charge < -0.3 is 19.5 Å². The Bertz CT molecular complexity index is 804. The summed E-state index contributed by atoms with van der Waals surface area (Å²) in [4.78, 5) is 28.5. The number of rotatable bonds is 4. The van der Waals surface area contributed by atoms with Gasteiger partial charge >= 0.3 is 0 Å². The lowest BCUT2D eigenvalue weighted by Crippen LogP contribution is -2.57. The lowest BCUT2D eigenvalue weighted by Gasteiger charge is -2.41. The maximum Gasteiger partial charge on any atom is 0.273 e. The number of amides is 2. The average molecular weight is 384 g/mol. The van der Waals surface area contributed by atoms with Crippen molar-refractivity contribution in [3.8, 4) is 0 Å². The van der Waals surface area contributed by atoms with Crippen LogP contribution in [0.5, 0.6) is 0 Å². The molecule has 2 fully saturated rings. The summed E-state index contributed by atoms with van der Waals surface area (Å²) in [5.41, 5.74) is 0.242. The van der Waals surface area contributed by atoms with Gasteiger partial charge in [0.1, 0.15) is 5.76 Å². The summed E-state index contributed by atoms with van der Waals surface area (Å²) in [6.07, 6.45) is 1.66. The molecule has 1 aromatic rings. The van der Waals surface area contributed by atoms with E-state index in [-0.39, 0.29) is 34.3 Å². The van der Waals surface area contributed by atoms with Crippen LogP contribution < -0.4 is 10.0 Å². The van der Waals surface area contributed by atoms with E-state index in [1.165, 1.54) is 13.1 Å². The first-order chi connectivity index (χ1) is 12.3. The van der Waals surface area contributed by atoms with Crippen molar-refractivity contribution in [3.05, 3.63) is 17.4 Å². The van der Waals surface area contributed by atoms with Crippen LogP contribution in [-0.2, 0) is 14.8 Å². The van der Waals surface area contributed by atoms with Crippen molar-refractivity contribution in [2.75, 3.05) is 39.8 Å². The summed E-state index contributed by atoms with van der Waals surface area (Å²) >= 11 is 0. The van der Waals surface area contributed by atoms with Crippen LogP contribution in [0, 0.1) is 6.92 Å². The number of piperidine rings is 1. The molecule has 2 aliphatic rings. The fourth-order valence-electron chi connectivity index (χ4n) is 3.47. The highest BCUT2D eigenvalue weighted by Gasteiger charge is 2.33. The molecule has 2 N–H and O–H groups in total. The van der Waals surface area contributed by atoms with Gasteiger partial charge in [0.2, 0.25) is 11.0 Å². The zero-order valence-corrected chi connectivity index (χ0v) is 15.8. The summed E-state index contributed by atoms with van der Waals surface area (Å²) in [7, 11) is -2.46. The molecule has 0 aliphatic carbocycles. The van der Waals surface area contributed by atoms with E-state index in [4.69, 9.17) is 4.42 Å². The van der Waals surface area contributed by atoms with E-state index in [1.807, 2.05) is 4.90 Å². The molecule has 0 saturated carbocycles. The van der Waals surface area contributed by atoms with Crippen molar-refractivity contribution in [1.29, 1.82) is 0 Å². The number of piperazine rings is 1. The zero-order chi connectivity index (χ0) is 18.9. The average Bonchev–Trinajstić information content (AvgIpc) is 3.04. The summed E-state index contributed by atoms with van der Waals surface area (Å²) in [6, 6.07) is 1.26. The monoisotopic (exact) mass is 384 g/mol. The van der Waals surface area contributed by atoms with Crippen molar-refractivity contribution in [2.24, 2.45) is 0 Å². The highest BCUT2D eigenvalue weighted by atomic mass is 32.2. The number of nitrogens with one attached hydrogen (secondary N) is 2. The molecule has 26 heavy (non-hydrogen) atoms. The third-order valence-electron chi connectivity index (χ3n) is 4.91. The van der Waals surface area contributed by atoms with E-state index in [0.717, 1.165) is 19.4 Å². The van der Waals surface area contributed by atoms with Gasteiger partial charge in [-0.2, -0.15) is 0 Å². The molecule has 2 saturated heterocycles. The smallest absolute Gasteiger partial charge is 0.273 e. The Morgan fingerprint density at radius 1 is 1.38 bits per heavy atom. The Labute approximate surface area is 152 Å². The Balaban J connectivity index is 1.76. The number of furan rings is 1. The molecule has 3 heterocycles. The normalized spacial score (nSPS) is 21.9. The highest BCUT2D eigenvalue weighted by molar-refractivity contribution is 7.89. The van der Waals surface area contributed by atoms with Gasteiger partial charge in [-0.3, -0.25) is 9.59 Å². The highest BCUT2D eigenvalue weighted by Crippen LogP contribution is 2.23. The second-order valence-electron chi connectivity index (χ2n) is 6.55. The molecule has 0 bridgehead atoms. The predicted molar refractivity (Wildman–Crippen MR) is 93.2 cm³/mol. The first kappa shape index (κ1) is 18.9. The number of sulfonamides is 1. The van der Waals surface area contributed by atoms with Gasteiger partial charge in [0.15, 0.2) is 0 Å². The van der Waals surface area contributed by atoms with Crippen molar-refractivity contribution in [1.82, 2.24) is 19.8 Å². The van der Waals surface area contributed by atoms with Crippen LogP contribution in [0.15, 0.2) is 15.6 Å². The molecule has 0 radical (unpaired) electrons. The third kappa shape index (κ3) is 3.62. The standard InChI is InChI=1S/C16H24N4O5S/c1-11-13(8-15(25-11)26(23,24)17-2)16(22)19-6-3-4-12(10-19)20-7-5-18-9-14(20)21/h8,12,17-18H,3-7,9-10H2,1-2H3. The van der Waals surface area contributed by atoms with Gasteiger partial charge in [0.05, 0.1) is 12.1 Å². The number of nitrogens with zero attached hydrogens (tertiary/aromatic N) is 2. The van der Waals surface area contributed by atoms with Crippen LogP contribution in [0.2, 0.25) is 0 Å². The molecule has 1 unspecified atom stereocenters. The zero-order valence-electron chi connectivity index (χ0n) is 14.9. The van der Waals surface area contributed by atoms with Crippen LogP contribution in [0.4, 0.5) is 0 Å². The van der Waals surface area contributed by atoms with Crippen molar-refractivity contribution < 1.29 is 22.4 Å². The molecule has 0 spiro atoms. The lowest BCUT2D eigenvalue weighted by atomic mass is 10.0. The number of aryl methyl sites for hydroxylation is 1. The molecule has 3 rings (SSSR count). The van der Waals surface area contributed by atoms with E-state index in [9.17, 15) is 18.0 Å². The maximum absolute atomic E-state index is 12.9. The van der Waals surface area contributed by atoms with E-state index >= 15 is 0 Å². The SMILES string of the molecule is CNS(=O)(=O)c1cc(C(=O)N2CCCC(N3CCNCC3=O)C2)c(C)o1. The minimum absolute atomic E-state index is 0.00461. The minimum Gasteiger partial charge on any atom is -0.448 e. The lowest BCUT2D eigenvalue weighted by molar-refractivity contribution is -0.135. The van der Waals surface area contributed by atoms with Gasteiger partial charge in [-0.15, -0.1) is 0 Å². The summed E-state index contributed by atoms with van der Waals surface area (Å²) < 4.78 is 31.2. The molecule has 144 valence electrons. The van der Waals surface area contributed by atoms with Crippen LogP contribution in [0.25, 0.3) is 0 Å². The van der Waals surface area contributed by atoms with Crippen molar-refractivity contribution >= 4 is 21.8 Å². The molecular weight excluding hydrogens is 360 g/mol. The number of likely N-dealkylation sites (tertiary alicyclic amines) is 1. The summed E-state index contributed by atoms with van der Waals surface area (Å²) in [5, 5.41) is 2.77. The van der Waals surface area contributed by atoms with Crippen molar-refractivity contribution in [2.45, 2.75) is 30.9 Å². The molecule has 1 aromatic heterocycles. The topological polar surface area (TPSA) is 112 Å². The van der Waals surface area contributed by atoms with Crippen LogP contribution in [0.1, 0.15) is 29.0 Å². The number of hydrogen-bond donors (Lipinski definition) is 2. The molecule has 0 aromatic carbocycles. The first-order valence-corrected chi connectivity index (χ1v) is 10.1. The minimum atomic E-state index is -3.75. The number of carbonyl (C=O) groups excluding carboxylic acids is 2. The summed E-state index contributed by atoms with van der Waals surface area (Å²) in [6.45, 7) is 4.32. The van der Waals surface area contributed by atoms with Crippen molar-refractivity contribution in [3.63, 3.8) is 0 Å². The Morgan fingerprint density at radius 2 is 2.15 bits per heavy atom. The Kier molecular flexibility index (Phi) is 5.35. The van der Waals surface area contributed by atoms with Gasteiger partial charge in [0.25, 0.3) is 15.9 Å². The summed E-state index contributed by atoms with van der Waals surface area (Å²) in [5.74, 6) is 0.0534. The van der Waals surface area contributed by atoms with Gasteiger partial charge in [-0.25, -0.2) is 13.1 Å². The molecule has 1 atom stereocenters. The molecule has 9 nitrogen and oxygen atoms in total. The predicted octanol–water partition coefficient (Wildman–Crippen LogP) is -0.467. The fraction of sp³-hybridized carbons (Fsp3) is 0.625. The molecular formula is C16H24N4O5S. The van der Waals surface area contributed by atoms with Gasteiger partial charge in [-0.1, -0.05) is 0 Å². The number of carbonyl (C=O) groups is 2. The van der Waals surface area contributed by atoms with Gasteiger partial charge in [-0.05, 0) is 26.8 Å². The second-order valence-corrected chi connectivity index (χ2v) is 8.37. The van der Waals surface area contributed by atoms with E-state index in [2.05, 4.69) is 10.0 Å². The van der Waals surface area contributed by atoms with Gasteiger partial charge in [0, 0.05) is 38.3 Å². The van der Waals surface area contributed by atoms with E-state index < -0.39 is 10.0 Å². The molecule has 10 heteroatoms. The Hall–Kier alpha value is -1.91. The van der Waals surface area contributed by atoms with Crippen LogP contribution in [-0.4, -0.2) is 75.8 Å². The largest absolute Gasteiger partial charge is 0.448 e. The van der Waals surface area contributed by atoms with Crippen LogP contribution >= 0.6 is 0 Å². The Morgan fingerprint density at radius 3 is 2.85 bits per heavy atom.